The predicted molar refractivity (Wildman–Crippen MR) is 132 cm³/mol. The molecule has 0 radical (unpaired) electrons. The van der Waals surface area contributed by atoms with E-state index >= 15 is 0 Å². The molecule has 2 aliphatic rings. The molecule has 168 valence electrons. The highest BCUT2D eigenvalue weighted by atomic mass is 32.1. The minimum absolute atomic E-state index is 0.0997. The number of carbonyl (C=O) groups excluding carboxylic acids is 2. The highest BCUT2D eigenvalue weighted by Gasteiger charge is 2.41. The minimum atomic E-state index is -0.436. The first kappa shape index (κ1) is 21.7. The normalized spacial score (nSPS) is 20.8. The largest absolute Gasteiger partial charge is 0.460 e. The molecule has 0 unspecified atom stereocenters. The van der Waals surface area contributed by atoms with Crippen molar-refractivity contribution in [2.24, 2.45) is 0 Å². The molecule has 2 heterocycles. The van der Waals surface area contributed by atoms with E-state index in [2.05, 4.69) is 41.0 Å². The molecule has 0 saturated heterocycles. The van der Waals surface area contributed by atoms with E-state index in [0.717, 1.165) is 34.2 Å². The summed E-state index contributed by atoms with van der Waals surface area (Å²) in [6, 6.07) is 18.5. The van der Waals surface area contributed by atoms with Crippen LogP contribution < -0.4 is 5.32 Å². The van der Waals surface area contributed by atoms with Gasteiger partial charge < -0.3 is 10.1 Å². The van der Waals surface area contributed by atoms with Crippen molar-refractivity contribution in [2.45, 2.75) is 51.6 Å². The third-order valence-corrected chi connectivity index (χ3v) is 7.48. The Labute approximate surface area is 198 Å². The van der Waals surface area contributed by atoms with Gasteiger partial charge in [0.25, 0.3) is 0 Å². The van der Waals surface area contributed by atoms with E-state index in [1.807, 2.05) is 45.0 Å². The number of Topliss-reactive ketones (excluding diaryl/α,β-unsaturated/α-hetero) is 1. The quantitative estimate of drug-likeness (QED) is 0.473. The molecule has 5 rings (SSSR count). The second-order valence-electron chi connectivity index (χ2n) is 9.09. The molecule has 0 amide bonds. The first-order chi connectivity index (χ1) is 15.9. The number of ketones is 1. The summed E-state index contributed by atoms with van der Waals surface area (Å²) in [5, 5.41) is 7.70. The Morgan fingerprint density at radius 3 is 2.58 bits per heavy atom. The molecule has 33 heavy (non-hydrogen) atoms. The number of rotatable bonds is 4. The van der Waals surface area contributed by atoms with Gasteiger partial charge in [0.1, 0.15) is 0 Å². The van der Waals surface area contributed by atoms with Crippen LogP contribution >= 0.6 is 11.3 Å². The van der Waals surface area contributed by atoms with Gasteiger partial charge in [0, 0.05) is 40.1 Å². The molecular formula is C28H27NO3S. The third-order valence-electron chi connectivity index (χ3n) is 6.44. The maximum atomic E-state index is 13.6. The molecule has 1 aliphatic carbocycles. The van der Waals surface area contributed by atoms with Crippen LogP contribution in [0, 0.1) is 0 Å². The molecule has 2 aromatic carbocycles. The number of ether oxygens (including phenoxy) is 1. The summed E-state index contributed by atoms with van der Waals surface area (Å²) in [6.45, 7) is 5.60. The highest BCUT2D eigenvalue weighted by molar-refractivity contribution is 7.10. The Balaban J connectivity index is 1.64. The van der Waals surface area contributed by atoms with Crippen molar-refractivity contribution >= 4 is 33.9 Å². The fourth-order valence-electron chi connectivity index (χ4n) is 5.03. The summed E-state index contributed by atoms with van der Waals surface area (Å²) in [4.78, 5) is 28.1. The summed E-state index contributed by atoms with van der Waals surface area (Å²) >= 11 is 1.69. The van der Waals surface area contributed by atoms with Crippen LogP contribution in [0.4, 0.5) is 0 Å². The van der Waals surface area contributed by atoms with E-state index in [-0.39, 0.29) is 23.8 Å². The molecule has 4 nitrogen and oxygen atoms in total. The lowest BCUT2D eigenvalue weighted by molar-refractivity contribution is -0.143. The number of hydrogen-bond donors (Lipinski definition) is 1. The number of carbonyl (C=O) groups is 2. The number of dihydropyridines is 1. The van der Waals surface area contributed by atoms with Crippen LogP contribution in [0.2, 0.25) is 0 Å². The Kier molecular flexibility index (Phi) is 5.67. The number of nitrogens with one attached hydrogen (secondary N) is 1. The SMILES string of the molecule is CC1=C(C(=O)OC(C)C)[C@@H](c2ccc3ccccc3c2)C2=C(C[C@H](c3cccs3)CC2=O)N1. The zero-order valence-electron chi connectivity index (χ0n) is 19.1. The monoisotopic (exact) mass is 457 g/mol. The van der Waals surface area contributed by atoms with Gasteiger partial charge in [-0.2, -0.15) is 0 Å². The van der Waals surface area contributed by atoms with Gasteiger partial charge in [-0.3, -0.25) is 4.79 Å². The number of thiophene rings is 1. The zero-order valence-corrected chi connectivity index (χ0v) is 19.9. The van der Waals surface area contributed by atoms with E-state index in [1.165, 1.54) is 4.88 Å². The number of benzene rings is 2. The van der Waals surface area contributed by atoms with Crippen molar-refractivity contribution in [1.29, 1.82) is 0 Å². The first-order valence-corrected chi connectivity index (χ1v) is 12.3. The highest BCUT2D eigenvalue weighted by Crippen LogP contribution is 2.46. The summed E-state index contributed by atoms with van der Waals surface area (Å²) < 4.78 is 5.63. The topological polar surface area (TPSA) is 55.4 Å². The van der Waals surface area contributed by atoms with Crippen LogP contribution in [-0.2, 0) is 14.3 Å². The van der Waals surface area contributed by atoms with Gasteiger partial charge in [0.2, 0.25) is 0 Å². The number of allylic oxidation sites excluding steroid dienone is 3. The van der Waals surface area contributed by atoms with Gasteiger partial charge in [0.15, 0.2) is 5.78 Å². The summed E-state index contributed by atoms with van der Waals surface area (Å²) in [5.74, 6) is -0.539. The molecule has 0 spiro atoms. The van der Waals surface area contributed by atoms with Crippen LogP contribution in [0.3, 0.4) is 0 Å². The number of fused-ring (bicyclic) bond motifs is 1. The van der Waals surface area contributed by atoms with Gasteiger partial charge in [-0.25, -0.2) is 4.79 Å². The van der Waals surface area contributed by atoms with Gasteiger partial charge in [-0.1, -0.05) is 48.5 Å². The van der Waals surface area contributed by atoms with E-state index < -0.39 is 5.92 Å². The van der Waals surface area contributed by atoms with Crippen molar-refractivity contribution in [3.63, 3.8) is 0 Å². The molecule has 1 aliphatic heterocycles. The van der Waals surface area contributed by atoms with Crippen molar-refractivity contribution in [1.82, 2.24) is 5.32 Å². The molecule has 1 aromatic heterocycles. The molecule has 3 aromatic rings. The Morgan fingerprint density at radius 1 is 1.06 bits per heavy atom. The molecule has 0 fully saturated rings. The van der Waals surface area contributed by atoms with Crippen molar-refractivity contribution in [2.75, 3.05) is 0 Å². The van der Waals surface area contributed by atoms with Crippen LogP contribution in [0.25, 0.3) is 10.8 Å². The van der Waals surface area contributed by atoms with Crippen LogP contribution in [0.1, 0.15) is 55.9 Å². The standard InChI is InChI=1S/C28H27NO3S/c1-16(2)32-28(31)25-17(3)29-22-14-21(24-9-6-12-33-24)15-23(30)27(22)26(25)20-11-10-18-7-4-5-8-19(18)13-20/h4-13,16,21,26,29H,14-15H2,1-3H3/t21-,26+/m0/s1. The van der Waals surface area contributed by atoms with Crippen molar-refractivity contribution in [3.05, 3.63) is 93.0 Å². The minimum Gasteiger partial charge on any atom is -0.460 e. The number of hydrogen-bond acceptors (Lipinski definition) is 5. The zero-order chi connectivity index (χ0) is 23.1. The van der Waals surface area contributed by atoms with Gasteiger partial charge in [-0.15, -0.1) is 11.3 Å². The molecule has 5 heteroatoms. The average Bonchev–Trinajstić information content (AvgIpc) is 3.32. The summed E-state index contributed by atoms with van der Waals surface area (Å²) in [6.07, 6.45) is 0.974. The van der Waals surface area contributed by atoms with E-state index in [9.17, 15) is 9.59 Å². The van der Waals surface area contributed by atoms with Gasteiger partial charge in [0.05, 0.1) is 11.7 Å². The van der Waals surface area contributed by atoms with Crippen LogP contribution in [0.5, 0.6) is 0 Å². The molecule has 2 atom stereocenters. The van der Waals surface area contributed by atoms with Crippen molar-refractivity contribution in [3.8, 4) is 0 Å². The van der Waals surface area contributed by atoms with E-state index in [4.69, 9.17) is 4.74 Å². The summed E-state index contributed by atoms with van der Waals surface area (Å²) in [7, 11) is 0. The van der Waals surface area contributed by atoms with Crippen LogP contribution in [0.15, 0.2) is 82.5 Å². The molecule has 1 N–H and O–H groups in total. The lowest BCUT2D eigenvalue weighted by Crippen LogP contribution is -2.36. The predicted octanol–water partition coefficient (Wildman–Crippen LogP) is 6.21. The maximum absolute atomic E-state index is 13.6. The Bertz CT molecular complexity index is 1300. The van der Waals surface area contributed by atoms with E-state index in [0.29, 0.717) is 17.6 Å². The van der Waals surface area contributed by atoms with Gasteiger partial charge >= 0.3 is 5.97 Å². The number of esters is 1. The molecule has 0 saturated carbocycles. The fourth-order valence-corrected chi connectivity index (χ4v) is 5.86. The summed E-state index contributed by atoms with van der Waals surface area (Å²) in [5.41, 5.74) is 3.87. The van der Waals surface area contributed by atoms with Crippen molar-refractivity contribution < 1.29 is 14.3 Å². The lowest BCUT2D eigenvalue weighted by atomic mass is 9.72. The molecule has 0 bridgehead atoms. The average molecular weight is 458 g/mol. The Morgan fingerprint density at radius 2 is 1.85 bits per heavy atom. The molecular weight excluding hydrogens is 430 g/mol. The third kappa shape index (κ3) is 4.02. The van der Waals surface area contributed by atoms with Crippen LogP contribution in [-0.4, -0.2) is 17.9 Å². The second kappa shape index (κ2) is 8.64. The van der Waals surface area contributed by atoms with E-state index in [1.54, 1.807) is 11.3 Å². The lowest BCUT2D eigenvalue weighted by Gasteiger charge is -2.36. The Hall–Kier alpha value is -3.18. The second-order valence-corrected chi connectivity index (χ2v) is 10.1. The maximum Gasteiger partial charge on any atom is 0.337 e. The fraction of sp³-hybridized carbons (Fsp3) is 0.286. The van der Waals surface area contributed by atoms with Gasteiger partial charge in [-0.05, 0) is 55.0 Å². The smallest absolute Gasteiger partial charge is 0.337 e. The first-order valence-electron chi connectivity index (χ1n) is 11.4.